The van der Waals surface area contributed by atoms with Crippen molar-refractivity contribution in [2.45, 2.75) is 50.0 Å². The lowest BCUT2D eigenvalue weighted by Crippen LogP contribution is -2.45. The maximum Gasteiger partial charge on any atom is 0.193 e. The van der Waals surface area contributed by atoms with Crippen molar-refractivity contribution >= 4 is 18.0 Å². The monoisotopic (exact) mass is 305 g/mol. The Morgan fingerprint density at radius 2 is 1.86 bits per heavy atom. The van der Waals surface area contributed by atoms with E-state index in [1.165, 1.54) is 6.42 Å². The molecule has 3 rings (SSSR count). The van der Waals surface area contributed by atoms with Crippen molar-refractivity contribution < 1.29 is 14.6 Å². The molecule has 0 atom stereocenters. The van der Waals surface area contributed by atoms with Crippen LogP contribution in [0, 0.1) is 0 Å². The molecule has 0 aliphatic heterocycles. The first-order valence-corrected chi connectivity index (χ1v) is 7.75. The van der Waals surface area contributed by atoms with Gasteiger partial charge in [0.05, 0.1) is 16.9 Å². The summed E-state index contributed by atoms with van der Waals surface area (Å²) in [6.07, 6.45) is 10.8. The third-order valence-electron chi connectivity index (χ3n) is 4.50. The zero-order valence-corrected chi connectivity index (χ0v) is 13.1. The van der Waals surface area contributed by atoms with Gasteiger partial charge in [0.2, 0.25) is 0 Å². The molecule has 1 aromatic rings. The number of aliphatic hydroxyl groups is 1. The van der Waals surface area contributed by atoms with Gasteiger partial charge in [-0.2, -0.15) is 0 Å². The van der Waals surface area contributed by atoms with Gasteiger partial charge in [-0.1, -0.05) is 12.5 Å². The van der Waals surface area contributed by atoms with Crippen LogP contribution in [0.2, 0.25) is 0 Å². The topological polar surface area (TPSA) is 76.5 Å². The van der Waals surface area contributed by atoms with Crippen molar-refractivity contribution in [3.8, 4) is 0 Å². The van der Waals surface area contributed by atoms with Gasteiger partial charge in [0.25, 0.3) is 0 Å². The lowest BCUT2D eigenvalue weighted by atomic mass is 9.92. The highest BCUT2D eigenvalue weighted by Gasteiger charge is 2.30. The second kappa shape index (κ2) is 5.95. The number of aromatic nitrogens is 2. The second-order valence-electron chi connectivity index (χ2n) is 6.02. The van der Waals surface area contributed by atoms with E-state index in [4.69, 9.17) is 9.47 Å². The van der Waals surface area contributed by atoms with E-state index in [1.54, 1.807) is 20.4 Å². The molecule has 0 amide bonds. The van der Waals surface area contributed by atoms with E-state index in [0.29, 0.717) is 17.6 Å². The zero-order chi connectivity index (χ0) is 15.6. The van der Waals surface area contributed by atoms with Gasteiger partial charge in [0.1, 0.15) is 11.5 Å². The number of hydrogen-bond acceptors (Lipinski definition) is 6. The van der Waals surface area contributed by atoms with E-state index in [-0.39, 0.29) is 0 Å². The van der Waals surface area contributed by atoms with E-state index in [9.17, 15) is 5.11 Å². The Hall–Kier alpha value is -1.50. The summed E-state index contributed by atoms with van der Waals surface area (Å²) in [6, 6.07) is 0. The average Bonchev–Trinajstić information content (AvgIpc) is 2.54. The fourth-order valence-electron chi connectivity index (χ4n) is 3.11. The number of nitrogens with zero attached hydrogens (tertiary/aromatic N) is 2. The van der Waals surface area contributed by atoms with Gasteiger partial charge in [-0.15, -0.1) is 0 Å². The molecular weight excluding hydrogens is 282 g/mol. The van der Waals surface area contributed by atoms with Crippen molar-refractivity contribution in [2.75, 3.05) is 19.5 Å². The third kappa shape index (κ3) is 2.99. The molecule has 2 aliphatic rings. The number of rotatable bonds is 4. The molecule has 0 saturated heterocycles. The van der Waals surface area contributed by atoms with Crippen molar-refractivity contribution in [1.82, 2.24) is 9.97 Å². The SMILES string of the molecule is COC1(OC)C=c2nc(NC3(O)CCCCC3)cnc2=CC1. The normalized spacial score (nSPS) is 22.1. The van der Waals surface area contributed by atoms with Crippen LogP contribution in [0.25, 0.3) is 12.2 Å². The van der Waals surface area contributed by atoms with Crippen LogP contribution in [0.1, 0.15) is 38.5 Å². The molecule has 1 fully saturated rings. The molecule has 0 unspecified atom stereocenters. The Morgan fingerprint density at radius 1 is 1.14 bits per heavy atom. The van der Waals surface area contributed by atoms with Crippen LogP contribution in [0.15, 0.2) is 6.20 Å². The molecule has 6 nitrogen and oxygen atoms in total. The molecule has 1 heterocycles. The summed E-state index contributed by atoms with van der Waals surface area (Å²) in [5.41, 5.74) is -0.876. The van der Waals surface area contributed by atoms with Gasteiger partial charge < -0.3 is 19.9 Å². The summed E-state index contributed by atoms with van der Waals surface area (Å²) in [5.74, 6) is -0.210. The van der Waals surface area contributed by atoms with E-state index >= 15 is 0 Å². The van der Waals surface area contributed by atoms with E-state index in [1.807, 2.05) is 12.2 Å². The maximum absolute atomic E-state index is 10.6. The molecule has 120 valence electrons. The molecule has 1 aromatic heterocycles. The predicted molar refractivity (Wildman–Crippen MR) is 83.2 cm³/mol. The predicted octanol–water partition coefficient (Wildman–Crippen LogP) is 0.495. The number of hydrogen-bond donors (Lipinski definition) is 2. The Bertz CT molecular complexity index is 649. The largest absolute Gasteiger partial charge is 0.371 e. The Balaban J connectivity index is 1.91. The van der Waals surface area contributed by atoms with Crippen LogP contribution in [0.3, 0.4) is 0 Å². The molecule has 1 saturated carbocycles. The van der Waals surface area contributed by atoms with Crippen LogP contribution in [-0.2, 0) is 9.47 Å². The molecule has 2 aliphatic carbocycles. The number of ether oxygens (including phenoxy) is 2. The minimum atomic E-state index is -0.876. The zero-order valence-electron chi connectivity index (χ0n) is 13.1. The number of nitrogens with one attached hydrogen (secondary N) is 1. The molecule has 22 heavy (non-hydrogen) atoms. The fourth-order valence-corrected chi connectivity index (χ4v) is 3.11. The van der Waals surface area contributed by atoms with Gasteiger partial charge in [-0.3, -0.25) is 4.98 Å². The minimum Gasteiger partial charge on any atom is -0.371 e. The van der Waals surface area contributed by atoms with Crippen molar-refractivity contribution in [2.24, 2.45) is 0 Å². The minimum absolute atomic E-state index is 0.579. The van der Waals surface area contributed by atoms with Crippen LogP contribution < -0.4 is 16.0 Å². The van der Waals surface area contributed by atoms with E-state index in [0.717, 1.165) is 31.0 Å². The fraction of sp³-hybridized carbons (Fsp3) is 0.625. The molecule has 0 bridgehead atoms. The lowest BCUT2D eigenvalue weighted by molar-refractivity contribution is -0.152. The van der Waals surface area contributed by atoms with Crippen molar-refractivity contribution in [1.29, 1.82) is 0 Å². The molecule has 0 spiro atoms. The van der Waals surface area contributed by atoms with Crippen molar-refractivity contribution in [3.05, 3.63) is 16.9 Å². The number of fused-ring (bicyclic) bond motifs is 1. The average molecular weight is 305 g/mol. The molecular formula is C16H23N3O3. The van der Waals surface area contributed by atoms with Crippen LogP contribution >= 0.6 is 0 Å². The van der Waals surface area contributed by atoms with Gasteiger partial charge in [0.15, 0.2) is 5.79 Å². The maximum atomic E-state index is 10.6. The second-order valence-corrected chi connectivity index (χ2v) is 6.02. The highest BCUT2D eigenvalue weighted by atomic mass is 16.7. The van der Waals surface area contributed by atoms with Crippen LogP contribution in [0.4, 0.5) is 5.82 Å². The van der Waals surface area contributed by atoms with Crippen LogP contribution in [-0.4, -0.2) is 40.8 Å². The lowest BCUT2D eigenvalue weighted by Gasteiger charge is -2.33. The van der Waals surface area contributed by atoms with Gasteiger partial charge >= 0.3 is 0 Å². The van der Waals surface area contributed by atoms with Gasteiger partial charge in [-0.25, -0.2) is 4.98 Å². The molecule has 6 heteroatoms. The first-order valence-electron chi connectivity index (χ1n) is 7.75. The number of methoxy groups -OCH3 is 2. The summed E-state index contributed by atoms with van der Waals surface area (Å²) in [4.78, 5) is 8.98. The summed E-state index contributed by atoms with van der Waals surface area (Å²) in [6.45, 7) is 0. The quantitative estimate of drug-likeness (QED) is 0.789. The highest BCUT2D eigenvalue weighted by Crippen LogP contribution is 2.28. The summed E-state index contributed by atoms with van der Waals surface area (Å²) < 4.78 is 10.9. The summed E-state index contributed by atoms with van der Waals surface area (Å²) >= 11 is 0. The Labute approximate surface area is 129 Å². The molecule has 2 N–H and O–H groups in total. The highest BCUT2D eigenvalue weighted by molar-refractivity contribution is 5.44. The first kappa shape index (κ1) is 15.4. The van der Waals surface area contributed by atoms with Gasteiger partial charge in [-0.05, 0) is 25.7 Å². The number of anilines is 1. The van der Waals surface area contributed by atoms with Gasteiger partial charge in [0, 0.05) is 26.7 Å². The summed E-state index contributed by atoms with van der Waals surface area (Å²) in [7, 11) is 3.22. The van der Waals surface area contributed by atoms with Crippen LogP contribution in [0.5, 0.6) is 0 Å². The third-order valence-corrected chi connectivity index (χ3v) is 4.50. The Kier molecular flexibility index (Phi) is 4.16. The Morgan fingerprint density at radius 3 is 2.55 bits per heavy atom. The first-order chi connectivity index (χ1) is 10.6. The summed E-state index contributed by atoms with van der Waals surface area (Å²) in [5, 5.41) is 15.2. The molecule has 0 radical (unpaired) electrons. The van der Waals surface area contributed by atoms with E-state index in [2.05, 4.69) is 15.3 Å². The molecule has 0 aromatic carbocycles. The van der Waals surface area contributed by atoms with Crippen molar-refractivity contribution in [3.63, 3.8) is 0 Å². The smallest absolute Gasteiger partial charge is 0.193 e. The van der Waals surface area contributed by atoms with E-state index < -0.39 is 11.5 Å². The standard InChI is InChI=1S/C16H23N3O3/c1-21-16(22-2)9-6-12-13(10-16)18-14(11-17-12)19-15(20)7-4-3-5-8-15/h6,10-11,20H,3-5,7-9H2,1-2H3,(H,18,19).